The first kappa shape index (κ1) is 45.7. The van der Waals surface area contributed by atoms with Gasteiger partial charge >= 0.3 is 0 Å². The average Bonchev–Trinajstić information content (AvgIpc) is 4.06. The van der Waals surface area contributed by atoms with E-state index in [1.807, 2.05) is 43.3 Å². The fourth-order valence-electron chi connectivity index (χ4n) is 16.7. The predicted molar refractivity (Wildman–Crippen MR) is 246 cm³/mol. The molecule has 0 aromatic carbocycles. The van der Waals surface area contributed by atoms with Crippen LogP contribution in [-0.2, 0) is 29.0 Å². The lowest BCUT2D eigenvalue weighted by molar-refractivity contribution is -0.133. The smallest absolute Gasteiger partial charge is 0.157 e. The van der Waals surface area contributed by atoms with E-state index in [0.717, 1.165) is 111 Å². The van der Waals surface area contributed by atoms with Crippen LogP contribution in [0.2, 0.25) is 0 Å². The lowest BCUT2D eigenvalue weighted by atomic mass is 9.49. The van der Waals surface area contributed by atoms with Crippen molar-refractivity contribution < 1.29 is 19.8 Å². The van der Waals surface area contributed by atoms with Gasteiger partial charge in [-0.1, -0.05) is 43.6 Å². The first-order valence-corrected chi connectivity index (χ1v) is 26.3. The molecule has 0 amide bonds. The number of nitrogens with zero attached hydrogens (tertiary/aromatic N) is 3. The van der Waals surface area contributed by atoms with E-state index in [4.69, 9.17) is 0 Å². The molecule has 2 aromatic heterocycles. The summed E-state index contributed by atoms with van der Waals surface area (Å²) in [4.78, 5) is 25.8. The topological polar surface area (TPSA) is 121 Å². The summed E-state index contributed by atoms with van der Waals surface area (Å²) in [5.41, 5.74) is 2.07. The highest BCUT2D eigenvalue weighted by Crippen LogP contribution is 2.66. The van der Waals surface area contributed by atoms with E-state index in [1.54, 1.807) is 0 Å². The van der Waals surface area contributed by atoms with E-state index in [-0.39, 0.29) is 16.7 Å². The van der Waals surface area contributed by atoms with E-state index in [1.165, 1.54) is 88.2 Å². The molecule has 2 aromatic rings. The largest absolute Gasteiger partial charge is 0.390 e. The highest BCUT2D eigenvalue weighted by molar-refractivity contribution is 9.09. The molecule has 8 fully saturated rings. The lowest BCUT2D eigenvalue weighted by Gasteiger charge is -2.56. The maximum Gasteiger partial charge on any atom is 0.157 e. The Morgan fingerprint density at radius 2 is 1.16 bits per heavy atom. The number of aromatic amines is 1. The fraction of sp³-hybridized carbons (Fsp3) is 0.846. The van der Waals surface area contributed by atoms with Gasteiger partial charge < -0.3 is 10.2 Å². The van der Waals surface area contributed by atoms with Gasteiger partial charge in [0.2, 0.25) is 0 Å². The number of halogens is 1. The fourth-order valence-corrected chi connectivity index (χ4v) is 17.1. The van der Waals surface area contributed by atoms with Gasteiger partial charge in [0.15, 0.2) is 5.78 Å². The SMILES string of the molecule is CCc1cn[nH]c1.CCc1cnn(CC(=O)[C@H]2CC[C@H]3[C@@H]4CC[C@@H]5C[C@](C)(O)CC[C@@H]5[C@H]4CC[C@]23C)c1.C[C@@]1(O)CC[C@H]2[C@H](CC[C@@H]3[C@@H]2CC[C@]2(C)[C@@H](C(=O)CBr)CC[C@@H]32)C1. The van der Waals surface area contributed by atoms with Crippen LogP contribution >= 0.6 is 15.9 Å². The summed E-state index contributed by atoms with van der Waals surface area (Å²) < 4.78 is 1.86. The molecule has 0 saturated heterocycles. The number of hydrogen-bond donors (Lipinski definition) is 3. The molecule has 0 unspecified atom stereocenters. The van der Waals surface area contributed by atoms with Crippen molar-refractivity contribution in [2.75, 3.05) is 5.33 Å². The van der Waals surface area contributed by atoms with Gasteiger partial charge in [-0.2, -0.15) is 10.2 Å². The van der Waals surface area contributed by atoms with Crippen molar-refractivity contribution in [1.29, 1.82) is 0 Å². The number of hydrogen-bond acceptors (Lipinski definition) is 6. The number of fused-ring (bicyclic) bond motifs is 10. The Morgan fingerprint density at radius 3 is 1.61 bits per heavy atom. The number of H-pyrrole nitrogens is 1. The number of carbonyl (C=O) groups excluding carboxylic acids is 2. The van der Waals surface area contributed by atoms with Crippen molar-refractivity contribution in [1.82, 2.24) is 20.0 Å². The monoisotopic (exact) mass is 905 g/mol. The van der Waals surface area contributed by atoms with Crippen molar-refractivity contribution in [2.24, 2.45) is 81.8 Å². The number of ketones is 2. The molecule has 10 rings (SSSR count). The van der Waals surface area contributed by atoms with Crippen molar-refractivity contribution in [3.05, 3.63) is 35.9 Å². The standard InChI is InChI=1S/C26H40N2O2.C21H33BrO2.C5H8N2/c1-4-17-14-27-28(15-17)16-24(29)23-8-7-22-21-6-5-18-13-25(2,30)11-9-19(18)20(21)10-12-26(22,23)3;1-20(24)9-7-14-13(11-20)3-4-16-15(14)8-10-21(2)17(16)5-6-18(21)19(23)12-22;1-2-5-3-6-7-4-5/h14-15,18-23,30H,4-13,16H2,1-3H3;13-18,24H,3-12H2,1-2H3;3-4H,2H2,1H3,(H,6,7)/t18-,19+,20-,21-,22+,23-,25-,26+;13-,14+,15-,16-,17+,18-,20-,21+;/m11./s1. The summed E-state index contributed by atoms with van der Waals surface area (Å²) in [5, 5.41) is 32.5. The van der Waals surface area contributed by atoms with Crippen molar-refractivity contribution >= 4 is 27.5 Å². The van der Waals surface area contributed by atoms with Gasteiger partial charge in [-0.05, 0) is 223 Å². The minimum Gasteiger partial charge on any atom is -0.390 e. The summed E-state index contributed by atoms with van der Waals surface area (Å²) in [6.07, 6.45) is 31.2. The molecule has 3 N–H and O–H groups in total. The molecule has 340 valence electrons. The Morgan fingerprint density at radius 1 is 0.656 bits per heavy atom. The number of nitrogens with one attached hydrogen (secondary N) is 1. The van der Waals surface area contributed by atoms with Crippen molar-refractivity contribution in [3.8, 4) is 0 Å². The molecule has 8 saturated carbocycles. The van der Waals surface area contributed by atoms with Crippen LogP contribution in [0.25, 0.3) is 0 Å². The van der Waals surface area contributed by atoms with E-state index >= 15 is 0 Å². The number of carbonyl (C=O) groups is 2. The number of aryl methyl sites for hydroxylation is 2. The van der Waals surface area contributed by atoms with E-state index < -0.39 is 11.2 Å². The third-order valence-corrected chi connectivity index (χ3v) is 20.3. The highest BCUT2D eigenvalue weighted by atomic mass is 79.9. The first-order chi connectivity index (χ1) is 29.1. The maximum absolute atomic E-state index is 13.3. The Bertz CT molecular complexity index is 1810. The molecule has 9 heteroatoms. The molecule has 0 spiro atoms. The third kappa shape index (κ3) is 9.08. The number of rotatable bonds is 7. The molecule has 2 heterocycles. The van der Waals surface area contributed by atoms with Gasteiger partial charge in [-0.15, -0.1) is 0 Å². The zero-order chi connectivity index (χ0) is 43.3. The lowest BCUT2D eigenvalue weighted by Crippen LogP contribution is -2.51. The quantitative estimate of drug-likeness (QED) is 0.238. The van der Waals surface area contributed by atoms with E-state index in [9.17, 15) is 19.8 Å². The number of Topliss-reactive ketones (excluding diaryl/α,β-unsaturated/α-hetero) is 2. The third-order valence-electron chi connectivity index (χ3n) is 19.8. The second kappa shape index (κ2) is 18.2. The van der Waals surface area contributed by atoms with Crippen molar-refractivity contribution in [3.63, 3.8) is 0 Å². The Kier molecular flexibility index (Phi) is 13.6. The summed E-state index contributed by atoms with van der Waals surface area (Å²) in [6, 6.07) is 0. The van der Waals surface area contributed by atoms with Crippen LogP contribution in [0.3, 0.4) is 0 Å². The highest BCUT2D eigenvalue weighted by Gasteiger charge is 2.60. The Hall–Kier alpha value is -1.84. The van der Waals surface area contributed by atoms with Crippen LogP contribution in [0.1, 0.15) is 168 Å². The molecular weight excluding hydrogens is 824 g/mol. The second-order valence-electron chi connectivity index (χ2n) is 23.1. The molecule has 0 bridgehead atoms. The zero-order valence-electron chi connectivity index (χ0n) is 38.7. The molecule has 61 heavy (non-hydrogen) atoms. The van der Waals surface area contributed by atoms with Gasteiger partial charge in [0.1, 0.15) is 5.78 Å². The van der Waals surface area contributed by atoms with Crippen molar-refractivity contribution in [2.45, 2.75) is 188 Å². The Labute approximate surface area is 376 Å². The van der Waals surface area contributed by atoms with Crippen LogP contribution in [0.15, 0.2) is 24.8 Å². The minimum atomic E-state index is -0.438. The van der Waals surface area contributed by atoms with Gasteiger partial charge in [-0.3, -0.25) is 19.4 Å². The number of aliphatic hydroxyl groups is 2. The normalized spacial score (nSPS) is 44.6. The first-order valence-electron chi connectivity index (χ1n) is 25.1. The average molecular weight is 906 g/mol. The van der Waals surface area contributed by atoms with Gasteiger partial charge in [0.05, 0.1) is 35.5 Å². The molecule has 0 aliphatic heterocycles. The molecule has 8 aliphatic rings. The zero-order valence-corrected chi connectivity index (χ0v) is 40.3. The molecular formula is C52H81BrN4O4. The van der Waals surface area contributed by atoms with Gasteiger partial charge in [0, 0.05) is 24.2 Å². The molecule has 8 aliphatic carbocycles. The molecule has 0 radical (unpaired) electrons. The van der Waals surface area contributed by atoms with E-state index in [0.29, 0.717) is 29.4 Å². The summed E-state index contributed by atoms with van der Waals surface area (Å²) in [6.45, 7) is 13.6. The maximum atomic E-state index is 13.3. The van der Waals surface area contributed by atoms with Crippen LogP contribution in [0.4, 0.5) is 0 Å². The Balaban J connectivity index is 0.000000148. The molecule has 8 nitrogen and oxygen atoms in total. The van der Waals surface area contributed by atoms with Gasteiger partial charge in [-0.25, -0.2) is 0 Å². The summed E-state index contributed by atoms with van der Waals surface area (Å²) in [7, 11) is 0. The van der Waals surface area contributed by atoms with Crippen LogP contribution < -0.4 is 0 Å². The summed E-state index contributed by atoms with van der Waals surface area (Å²) >= 11 is 3.42. The van der Waals surface area contributed by atoms with Crippen LogP contribution in [0.5, 0.6) is 0 Å². The number of aromatic nitrogens is 4. The molecule has 16 atom stereocenters. The second-order valence-corrected chi connectivity index (χ2v) is 23.7. The predicted octanol–water partition coefficient (Wildman–Crippen LogP) is 11.0. The van der Waals surface area contributed by atoms with Crippen LogP contribution in [-0.4, -0.2) is 58.3 Å². The number of alkyl halides is 1. The summed E-state index contributed by atoms with van der Waals surface area (Å²) in [5.74, 6) is 9.36. The van der Waals surface area contributed by atoms with E-state index in [2.05, 4.69) is 58.9 Å². The van der Waals surface area contributed by atoms with Gasteiger partial charge in [0.25, 0.3) is 0 Å². The minimum absolute atomic E-state index is 0.186. The van der Waals surface area contributed by atoms with Crippen LogP contribution in [0, 0.1) is 81.8 Å².